The van der Waals surface area contributed by atoms with E-state index in [-0.39, 0.29) is 0 Å². The van der Waals surface area contributed by atoms with Crippen molar-refractivity contribution < 1.29 is 18.9 Å². The van der Waals surface area contributed by atoms with Gasteiger partial charge in [0.25, 0.3) is 0 Å². The molecule has 0 saturated heterocycles. The highest BCUT2D eigenvalue weighted by atomic mass is 16.5. The third-order valence-corrected chi connectivity index (χ3v) is 10.5. The summed E-state index contributed by atoms with van der Waals surface area (Å²) in [5.41, 5.74) is 4.69. The van der Waals surface area contributed by atoms with Gasteiger partial charge in [0.15, 0.2) is 0 Å². The van der Waals surface area contributed by atoms with Crippen molar-refractivity contribution in [2.75, 3.05) is 100 Å². The van der Waals surface area contributed by atoms with Crippen LogP contribution in [0.4, 0.5) is 22.7 Å². The second kappa shape index (κ2) is 21.6. The van der Waals surface area contributed by atoms with E-state index in [2.05, 4.69) is 118 Å². The van der Waals surface area contributed by atoms with Crippen LogP contribution < -0.4 is 21.3 Å². The molecule has 4 aliphatic heterocycles. The zero-order valence-corrected chi connectivity index (χ0v) is 33.0. The van der Waals surface area contributed by atoms with E-state index in [1.807, 2.05) is 0 Å². The van der Waals surface area contributed by atoms with Crippen LogP contribution in [0.2, 0.25) is 0 Å². The van der Waals surface area contributed by atoms with E-state index in [0.29, 0.717) is 0 Å². The lowest BCUT2D eigenvalue weighted by Crippen LogP contribution is -2.08. The summed E-state index contributed by atoms with van der Waals surface area (Å²) in [6.45, 7) is 9.61. The number of hydrogen-bond acceptors (Lipinski definition) is 8. The van der Waals surface area contributed by atoms with Gasteiger partial charge in [0, 0.05) is 123 Å². The molecule has 10 rings (SSSR count). The largest absolute Gasteiger partial charge is 0.384 e. The van der Waals surface area contributed by atoms with Crippen LogP contribution in [0.15, 0.2) is 97.1 Å². The SMILES string of the molecule is c1cc2c3cc4cccc(c4cc3c1)NCCCOCCCCOCCCNc1cccc3cc4c(cccc4cc13)NCCCOCCCCOCCCN2. The Balaban J connectivity index is 0.908. The summed E-state index contributed by atoms with van der Waals surface area (Å²) in [5, 5.41) is 24.6. The topological polar surface area (TPSA) is 85.0 Å². The summed E-state index contributed by atoms with van der Waals surface area (Å²) in [5.74, 6) is 0. The van der Waals surface area contributed by atoms with Crippen LogP contribution in [0, 0.1) is 0 Å². The van der Waals surface area contributed by atoms with E-state index in [0.717, 1.165) is 130 Å². The fraction of sp³-hybridized carbons (Fsp3) is 0.417. The Morgan fingerprint density at radius 3 is 0.768 bits per heavy atom. The average Bonchev–Trinajstić information content (AvgIpc) is 3.22. The Morgan fingerprint density at radius 1 is 0.286 bits per heavy atom. The molecule has 12 bridgehead atoms. The highest BCUT2D eigenvalue weighted by molar-refractivity contribution is 6.08. The van der Waals surface area contributed by atoms with Gasteiger partial charge in [-0.3, -0.25) is 0 Å². The average molecular weight is 757 g/mol. The van der Waals surface area contributed by atoms with Gasteiger partial charge < -0.3 is 40.2 Å². The molecule has 4 heterocycles. The molecule has 0 aliphatic carbocycles. The molecule has 4 aliphatic rings. The first-order valence-electron chi connectivity index (χ1n) is 21.0. The molecule has 0 amide bonds. The standard InChI is InChI=1S/C48H60N4O4/c1-2-26-54-30-10-22-50-46-18-6-14-39-36-44-40(35-42(39)46)16-8-20-48(44)52-24-12-32-56-28-4-3-27-55-31-11-23-51-47-19-7-15-38-33-41-37(34-43(38)47)13-5-17-45(41)49-21-9-29-53-25-1/h5-8,13-20,33-36,49-52H,1-4,9-12,21-32H2. The van der Waals surface area contributed by atoms with Gasteiger partial charge in [0.2, 0.25) is 0 Å². The summed E-state index contributed by atoms with van der Waals surface area (Å²) >= 11 is 0. The first kappa shape index (κ1) is 39.6. The van der Waals surface area contributed by atoms with E-state index in [1.165, 1.54) is 65.8 Å². The van der Waals surface area contributed by atoms with Crippen molar-refractivity contribution in [3.63, 3.8) is 0 Å². The van der Waals surface area contributed by atoms with Gasteiger partial charge in [-0.25, -0.2) is 0 Å². The van der Waals surface area contributed by atoms with Gasteiger partial charge in [-0.1, -0.05) is 48.5 Å². The molecule has 296 valence electrons. The number of rotatable bonds is 0. The fourth-order valence-corrected chi connectivity index (χ4v) is 7.53. The molecule has 6 aromatic carbocycles. The highest BCUT2D eigenvalue weighted by Gasteiger charge is 2.09. The van der Waals surface area contributed by atoms with Crippen LogP contribution in [0.1, 0.15) is 51.4 Å². The van der Waals surface area contributed by atoms with E-state index in [4.69, 9.17) is 18.9 Å². The minimum Gasteiger partial charge on any atom is -0.384 e. The van der Waals surface area contributed by atoms with Crippen molar-refractivity contribution in [2.24, 2.45) is 0 Å². The summed E-state index contributed by atoms with van der Waals surface area (Å²) in [7, 11) is 0. The third kappa shape index (κ3) is 11.3. The molecule has 0 radical (unpaired) electrons. The molecular formula is C48H60N4O4. The second-order valence-corrected chi connectivity index (χ2v) is 14.8. The molecule has 0 saturated carbocycles. The quantitative estimate of drug-likeness (QED) is 0.114. The highest BCUT2D eigenvalue weighted by Crippen LogP contribution is 2.33. The molecule has 0 atom stereocenters. The Morgan fingerprint density at radius 2 is 0.518 bits per heavy atom. The molecule has 4 N–H and O–H groups in total. The maximum atomic E-state index is 5.95. The van der Waals surface area contributed by atoms with Crippen LogP contribution in [0.3, 0.4) is 0 Å². The van der Waals surface area contributed by atoms with Crippen molar-refractivity contribution in [3.05, 3.63) is 97.1 Å². The lowest BCUT2D eigenvalue weighted by Gasteiger charge is -2.14. The van der Waals surface area contributed by atoms with Crippen LogP contribution in [-0.4, -0.2) is 79.0 Å². The summed E-state index contributed by atoms with van der Waals surface area (Å²) < 4.78 is 23.8. The van der Waals surface area contributed by atoms with Gasteiger partial charge in [0.05, 0.1) is 0 Å². The van der Waals surface area contributed by atoms with Gasteiger partial charge in [-0.05, 0) is 121 Å². The van der Waals surface area contributed by atoms with E-state index < -0.39 is 0 Å². The molecule has 6 aromatic rings. The maximum Gasteiger partial charge on any atom is 0.0482 e. The van der Waals surface area contributed by atoms with Crippen LogP contribution in [0.25, 0.3) is 43.1 Å². The first-order chi connectivity index (χ1) is 27.8. The second-order valence-electron chi connectivity index (χ2n) is 14.8. The number of anilines is 4. The van der Waals surface area contributed by atoms with Crippen molar-refractivity contribution in [1.29, 1.82) is 0 Å². The normalized spacial score (nSPS) is 17.6. The van der Waals surface area contributed by atoms with Gasteiger partial charge in [-0.15, -0.1) is 0 Å². The lowest BCUT2D eigenvalue weighted by atomic mass is 10.0. The zero-order valence-electron chi connectivity index (χ0n) is 33.0. The van der Waals surface area contributed by atoms with E-state index in [9.17, 15) is 0 Å². The predicted octanol–water partition coefficient (Wildman–Crippen LogP) is 10.8. The molecule has 0 fully saturated rings. The predicted molar refractivity (Wildman–Crippen MR) is 237 cm³/mol. The third-order valence-electron chi connectivity index (χ3n) is 10.5. The van der Waals surface area contributed by atoms with Crippen LogP contribution in [0.5, 0.6) is 0 Å². The van der Waals surface area contributed by atoms with Crippen molar-refractivity contribution in [3.8, 4) is 0 Å². The monoisotopic (exact) mass is 756 g/mol. The van der Waals surface area contributed by atoms with Crippen LogP contribution >= 0.6 is 0 Å². The molecule has 0 spiro atoms. The maximum absolute atomic E-state index is 5.95. The lowest BCUT2D eigenvalue weighted by molar-refractivity contribution is 0.102. The number of ether oxygens (including phenoxy) is 4. The molecule has 8 nitrogen and oxygen atoms in total. The first-order valence-corrected chi connectivity index (χ1v) is 21.0. The zero-order chi connectivity index (χ0) is 38.0. The van der Waals surface area contributed by atoms with Gasteiger partial charge >= 0.3 is 0 Å². The molecule has 0 aromatic heterocycles. The minimum absolute atomic E-state index is 0.754. The Bertz CT molecular complexity index is 1820. The number of hydrogen-bond donors (Lipinski definition) is 4. The van der Waals surface area contributed by atoms with Crippen molar-refractivity contribution >= 4 is 65.8 Å². The molecular weight excluding hydrogens is 697 g/mol. The summed E-state index contributed by atoms with van der Waals surface area (Å²) in [6, 6.07) is 35.4. The van der Waals surface area contributed by atoms with Gasteiger partial charge in [-0.2, -0.15) is 0 Å². The van der Waals surface area contributed by atoms with E-state index >= 15 is 0 Å². The van der Waals surface area contributed by atoms with E-state index in [1.54, 1.807) is 0 Å². The molecule has 56 heavy (non-hydrogen) atoms. The fourth-order valence-electron chi connectivity index (χ4n) is 7.53. The minimum atomic E-state index is 0.754. The molecule has 8 heteroatoms. The Hall–Kier alpha value is -4.60. The van der Waals surface area contributed by atoms with Gasteiger partial charge in [0.1, 0.15) is 0 Å². The summed E-state index contributed by atoms with van der Waals surface area (Å²) in [4.78, 5) is 0. The van der Waals surface area contributed by atoms with Crippen molar-refractivity contribution in [2.45, 2.75) is 51.4 Å². The number of benzene rings is 6. The smallest absolute Gasteiger partial charge is 0.0482 e. The van der Waals surface area contributed by atoms with Crippen LogP contribution in [-0.2, 0) is 18.9 Å². The molecule has 0 unspecified atom stereocenters. The van der Waals surface area contributed by atoms with Crippen molar-refractivity contribution in [1.82, 2.24) is 0 Å². The Kier molecular flexibility index (Phi) is 15.3. The number of nitrogens with one attached hydrogen (secondary N) is 4. The summed E-state index contributed by atoms with van der Waals surface area (Å²) in [6.07, 6.45) is 7.92. The Labute approximate surface area is 332 Å².